The van der Waals surface area contributed by atoms with Gasteiger partial charge in [-0.05, 0) is 60.5 Å². The quantitative estimate of drug-likeness (QED) is 0.537. The molecule has 0 unspecified atom stereocenters. The molecule has 0 saturated heterocycles. The maximum Gasteiger partial charge on any atom is 0.255 e. The molecule has 0 aliphatic heterocycles. The third kappa shape index (κ3) is 5.45. The lowest BCUT2D eigenvalue weighted by molar-refractivity contribution is 0.102. The lowest BCUT2D eigenvalue weighted by Crippen LogP contribution is -2.29. The predicted molar refractivity (Wildman–Crippen MR) is 124 cm³/mol. The first-order valence-electron chi connectivity index (χ1n) is 10.0. The second kappa shape index (κ2) is 9.82. The molecule has 0 radical (unpaired) electrons. The van der Waals surface area contributed by atoms with Crippen LogP contribution in [0.25, 0.3) is 0 Å². The molecule has 3 rings (SSSR count). The van der Waals surface area contributed by atoms with E-state index in [-0.39, 0.29) is 12.5 Å². The summed E-state index contributed by atoms with van der Waals surface area (Å²) in [6.45, 7) is 1.92. The van der Waals surface area contributed by atoms with E-state index in [0.29, 0.717) is 22.6 Å². The van der Waals surface area contributed by atoms with Crippen molar-refractivity contribution in [3.05, 3.63) is 89.2 Å². The van der Waals surface area contributed by atoms with Gasteiger partial charge in [0.05, 0.1) is 25.6 Å². The van der Waals surface area contributed by atoms with Gasteiger partial charge in [-0.2, -0.15) is 0 Å². The molecule has 0 atom stereocenters. The fourth-order valence-corrected chi connectivity index (χ4v) is 4.23. The average Bonchev–Trinajstić information content (AvgIpc) is 2.77. The molecule has 0 aromatic heterocycles. The molecular weight excluding hydrogens is 431 g/mol. The van der Waals surface area contributed by atoms with Crippen molar-refractivity contribution in [2.75, 3.05) is 23.0 Å². The van der Waals surface area contributed by atoms with Crippen LogP contribution < -0.4 is 14.4 Å². The van der Waals surface area contributed by atoms with E-state index in [2.05, 4.69) is 5.32 Å². The third-order valence-corrected chi connectivity index (χ3v) is 6.16. The fourth-order valence-electron chi connectivity index (χ4n) is 3.35. The molecule has 0 heterocycles. The minimum absolute atomic E-state index is 0.0830. The van der Waals surface area contributed by atoms with Gasteiger partial charge < -0.3 is 10.1 Å². The number of carbonyl (C=O) groups excluding carboxylic acids is 1. The maximum atomic E-state index is 13.3. The second-order valence-electron chi connectivity index (χ2n) is 7.24. The number of benzene rings is 3. The zero-order valence-electron chi connectivity index (χ0n) is 18.1. The number of ether oxygens (including phenoxy) is 1. The summed E-state index contributed by atoms with van der Waals surface area (Å²) in [5.74, 6) is -0.348. The normalized spacial score (nSPS) is 11.1. The first-order valence-corrected chi connectivity index (χ1v) is 11.9. The number of sulfonamides is 1. The van der Waals surface area contributed by atoms with Gasteiger partial charge >= 0.3 is 0 Å². The summed E-state index contributed by atoms with van der Waals surface area (Å²) in [6.07, 6.45) is 1.84. The van der Waals surface area contributed by atoms with Crippen molar-refractivity contribution in [3.8, 4) is 5.75 Å². The number of amides is 1. The maximum absolute atomic E-state index is 13.3. The van der Waals surface area contributed by atoms with Crippen LogP contribution in [0, 0.1) is 5.82 Å². The van der Waals surface area contributed by atoms with Crippen LogP contribution in [-0.2, 0) is 23.0 Å². The number of nitrogens with one attached hydrogen (secondary N) is 1. The number of para-hydroxylation sites is 1. The summed E-state index contributed by atoms with van der Waals surface area (Å²) in [5.41, 5.74) is 2.90. The van der Waals surface area contributed by atoms with Crippen LogP contribution in [0.5, 0.6) is 5.75 Å². The molecule has 168 valence electrons. The van der Waals surface area contributed by atoms with Gasteiger partial charge in [0.1, 0.15) is 11.6 Å². The number of hydrogen-bond donors (Lipinski definition) is 1. The standard InChI is InChI=1S/C24H25FN2O4S/c1-4-17-7-5-6-8-22(17)26-24(28)18-9-14-23(31-2)19(15-18)16-27(32(3,29)30)21-12-10-20(25)11-13-21/h5-15H,4,16H2,1-3H3,(H,26,28). The molecular formula is C24H25FN2O4S. The molecule has 1 amide bonds. The largest absolute Gasteiger partial charge is 0.496 e. The Bertz CT molecular complexity index is 1210. The number of aryl methyl sites for hydroxylation is 1. The Labute approximate surface area is 187 Å². The molecule has 8 heteroatoms. The van der Waals surface area contributed by atoms with E-state index >= 15 is 0 Å². The molecule has 0 aliphatic carbocycles. The van der Waals surface area contributed by atoms with Gasteiger partial charge in [-0.1, -0.05) is 25.1 Å². The zero-order valence-corrected chi connectivity index (χ0v) is 18.9. The molecule has 0 spiro atoms. The first-order chi connectivity index (χ1) is 15.2. The van der Waals surface area contributed by atoms with Crippen LogP contribution in [0.2, 0.25) is 0 Å². The SMILES string of the molecule is CCc1ccccc1NC(=O)c1ccc(OC)c(CN(c2ccc(F)cc2)S(C)(=O)=O)c1. The molecule has 32 heavy (non-hydrogen) atoms. The van der Waals surface area contributed by atoms with Crippen molar-refractivity contribution in [2.24, 2.45) is 0 Å². The molecule has 1 N–H and O–H groups in total. The Balaban J connectivity index is 1.94. The van der Waals surface area contributed by atoms with Gasteiger partial charge in [0.15, 0.2) is 0 Å². The number of rotatable bonds is 8. The van der Waals surface area contributed by atoms with Gasteiger partial charge in [-0.3, -0.25) is 9.10 Å². The van der Waals surface area contributed by atoms with Crippen LogP contribution >= 0.6 is 0 Å². The first kappa shape index (κ1) is 23.3. The molecule has 0 saturated carbocycles. The van der Waals surface area contributed by atoms with E-state index in [9.17, 15) is 17.6 Å². The molecule has 0 bridgehead atoms. The Morgan fingerprint density at radius 1 is 1.03 bits per heavy atom. The number of methoxy groups -OCH3 is 1. The van der Waals surface area contributed by atoms with Crippen LogP contribution in [0.1, 0.15) is 28.4 Å². The Morgan fingerprint density at radius 3 is 2.34 bits per heavy atom. The van der Waals surface area contributed by atoms with Crippen molar-refractivity contribution in [1.82, 2.24) is 0 Å². The van der Waals surface area contributed by atoms with Crippen LogP contribution in [0.3, 0.4) is 0 Å². The smallest absolute Gasteiger partial charge is 0.255 e. The van der Waals surface area contributed by atoms with Gasteiger partial charge in [0, 0.05) is 16.8 Å². The van der Waals surface area contributed by atoms with Gasteiger partial charge in [-0.25, -0.2) is 12.8 Å². The van der Waals surface area contributed by atoms with Crippen molar-refractivity contribution < 1.29 is 22.3 Å². The van der Waals surface area contributed by atoms with E-state index in [0.717, 1.165) is 28.2 Å². The monoisotopic (exact) mass is 456 g/mol. The van der Waals surface area contributed by atoms with Crippen molar-refractivity contribution in [2.45, 2.75) is 19.9 Å². The number of nitrogens with zero attached hydrogens (tertiary/aromatic N) is 1. The Morgan fingerprint density at radius 2 is 1.72 bits per heavy atom. The summed E-state index contributed by atoms with van der Waals surface area (Å²) in [5, 5.41) is 2.91. The third-order valence-electron chi connectivity index (χ3n) is 5.02. The number of carbonyl (C=O) groups is 1. The van der Waals surface area contributed by atoms with Crippen LogP contribution in [-0.4, -0.2) is 27.7 Å². The minimum Gasteiger partial charge on any atom is -0.496 e. The summed E-state index contributed by atoms with van der Waals surface area (Å²) in [7, 11) is -2.22. The van der Waals surface area contributed by atoms with Crippen molar-refractivity contribution >= 4 is 27.3 Å². The zero-order chi connectivity index (χ0) is 23.3. The fraction of sp³-hybridized carbons (Fsp3) is 0.208. The van der Waals surface area contributed by atoms with Crippen LogP contribution in [0.15, 0.2) is 66.7 Å². The number of hydrogen-bond acceptors (Lipinski definition) is 4. The average molecular weight is 457 g/mol. The minimum atomic E-state index is -3.69. The summed E-state index contributed by atoms with van der Waals surface area (Å²) < 4.78 is 44.8. The predicted octanol–water partition coefficient (Wildman–Crippen LogP) is 4.62. The highest BCUT2D eigenvalue weighted by Crippen LogP contribution is 2.27. The molecule has 0 fully saturated rings. The summed E-state index contributed by atoms with van der Waals surface area (Å²) in [4.78, 5) is 12.9. The van der Waals surface area contributed by atoms with E-state index in [1.807, 2.05) is 31.2 Å². The molecule has 0 aliphatic rings. The Kier molecular flexibility index (Phi) is 7.15. The molecule has 3 aromatic carbocycles. The highest BCUT2D eigenvalue weighted by Gasteiger charge is 2.21. The van der Waals surface area contributed by atoms with Crippen LogP contribution in [0.4, 0.5) is 15.8 Å². The number of halogens is 1. The van der Waals surface area contributed by atoms with E-state index < -0.39 is 15.8 Å². The number of anilines is 2. The van der Waals surface area contributed by atoms with E-state index in [1.165, 1.54) is 31.4 Å². The van der Waals surface area contributed by atoms with Gasteiger partial charge in [0.2, 0.25) is 10.0 Å². The summed E-state index contributed by atoms with van der Waals surface area (Å²) >= 11 is 0. The Hall–Kier alpha value is -3.39. The highest BCUT2D eigenvalue weighted by atomic mass is 32.2. The second-order valence-corrected chi connectivity index (χ2v) is 9.14. The van der Waals surface area contributed by atoms with E-state index in [4.69, 9.17) is 4.74 Å². The molecule has 6 nitrogen and oxygen atoms in total. The molecule has 3 aromatic rings. The van der Waals surface area contributed by atoms with Gasteiger partial charge in [0.25, 0.3) is 5.91 Å². The highest BCUT2D eigenvalue weighted by molar-refractivity contribution is 7.92. The topological polar surface area (TPSA) is 75.7 Å². The van der Waals surface area contributed by atoms with Crippen molar-refractivity contribution in [3.63, 3.8) is 0 Å². The van der Waals surface area contributed by atoms with Crippen molar-refractivity contribution in [1.29, 1.82) is 0 Å². The van der Waals surface area contributed by atoms with E-state index in [1.54, 1.807) is 18.2 Å². The van der Waals surface area contributed by atoms with Gasteiger partial charge in [-0.15, -0.1) is 0 Å². The lowest BCUT2D eigenvalue weighted by atomic mass is 10.1. The lowest BCUT2D eigenvalue weighted by Gasteiger charge is -2.24. The summed E-state index contributed by atoms with van der Waals surface area (Å²) in [6, 6.07) is 17.6.